The van der Waals surface area contributed by atoms with Gasteiger partial charge in [0.2, 0.25) is 5.91 Å². The van der Waals surface area contributed by atoms with Crippen LogP contribution in [0.15, 0.2) is 0 Å². The Hall–Kier alpha value is -1.83. The number of carboxylic acid groups (broad SMARTS) is 1. The third-order valence-corrected chi connectivity index (χ3v) is 2.69. The summed E-state index contributed by atoms with van der Waals surface area (Å²) in [6, 6.07) is -0.778. The van der Waals surface area contributed by atoms with Crippen molar-refractivity contribution in [1.29, 1.82) is 0 Å². The van der Waals surface area contributed by atoms with Crippen LogP contribution in [0, 0.1) is 0 Å². The van der Waals surface area contributed by atoms with E-state index >= 15 is 0 Å². The van der Waals surface area contributed by atoms with Gasteiger partial charge in [0.25, 0.3) is 0 Å². The Morgan fingerprint density at radius 2 is 1.78 bits per heavy atom. The number of amides is 3. The van der Waals surface area contributed by atoms with Crippen molar-refractivity contribution in [1.82, 2.24) is 10.6 Å². The highest BCUT2D eigenvalue weighted by molar-refractivity contribution is 5.89. The summed E-state index contributed by atoms with van der Waals surface area (Å²) < 4.78 is 0. The fourth-order valence-corrected chi connectivity index (χ4v) is 0.947. The van der Waals surface area contributed by atoms with Crippen LogP contribution in [0.5, 0.6) is 0 Å². The number of rotatable bonds is 6. The van der Waals surface area contributed by atoms with Gasteiger partial charge in [0.1, 0.15) is 5.54 Å². The van der Waals surface area contributed by atoms with E-state index in [1.165, 1.54) is 6.92 Å². The van der Waals surface area contributed by atoms with Crippen LogP contribution >= 0.6 is 0 Å². The van der Waals surface area contributed by atoms with Gasteiger partial charge in [-0.1, -0.05) is 6.92 Å². The van der Waals surface area contributed by atoms with Gasteiger partial charge in [-0.3, -0.25) is 4.79 Å². The SMILES string of the molecule is CCC(C)(NC(=O)NCC(C)(O)C(=O)O)C(N)=O. The van der Waals surface area contributed by atoms with E-state index in [9.17, 15) is 19.5 Å². The molecule has 18 heavy (non-hydrogen) atoms. The molecule has 104 valence electrons. The number of aliphatic hydroxyl groups is 1. The quantitative estimate of drug-likeness (QED) is 0.407. The number of carbonyl (C=O) groups is 3. The Morgan fingerprint density at radius 1 is 1.28 bits per heavy atom. The molecular formula is C10H19N3O5. The molecule has 6 N–H and O–H groups in total. The summed E-state index contributed by atoms with van der Waals surface area (Å²) in [5, 5.41) is 22.5. The molecule has 8 nitrogen and oxygen atoms in total. The van der Waals surface area contributed by atoms with Crippen molar-refractivity contribution in [3.63, 3.8) is 0 Å². The lowest BCUT2D eigenvalue weighted by Crippen LogP contribution is -2.59. The molecule has 8 heteroatoms. The van der Waals surface area contributed by atoms with Crippen LogP contribution in [0.3, 0.4) is 0 Å². The van der Waals surface area contributed by atoms with Crippen LogP contribution in [-0.2, 0) is 9.59 Å². The summed E-state index contributed by atoms with van der Waals surface area (Å²) in [7, 11) is 0. The monoisotopic (exact) mass is 261 g/mol. The van der Waals surface area contributed by atoms with Crippen molar-refractivity contribution in [2.75, 3.05) is 6.54 Å². The molecule has 0 aliphatic rings. The van der Waals surface area contributed by atoms with Gasteiger partial charge in [0.05, 0.1) is 6.54 Å². The normalized spacial score (nSPS) is 17.1. The lowest BCUT2D eigenvalue weighted by molar-refractivity contribution is -0.155. The summed E-state index contributed by atoms with van der Waals surface area (Å²) in [6.07, 6.45) is 0.283. The highest BCUT2D eigenvalue weighted by Crippen LogP contribution is 2.08. The molecular weight excluding hydrogens is 242 g/mol. The van der Waals surface area contributed by atoms with Crippen LogP contribution in [0.4, 0.5) is 4.79 Å². The topological polar surface area (TPSA) is 142 Å². The molecule has 0 fully saturated rings. The zero-order valence-corrected chi connectivity index (χ0v) is 10.6. The van der Waals surface area contributed by atoms with Gasteiger partial charge in [0, 0.05) is 0 Å². The fourth-order valence-electron chi connectivity index (χ4n) is 0.947. The van der Waals surface area contributed by atoms with Gasteiger partial charge in [0.15, 0.2) is 5.60 Å². The zero-order chi connectivity index (χ0) is 14.6. The van der Waals surface area contributed by atoms with Crippen molar-refractivity contribution >= 4 is 17.9 Å². The standard InChI is InChI=1S/C10H19N3O5/c1-4-9(2,6(11)14)13-8(17)12-5-10(3,18)7(15)16/h18H,4-5H2,1-3H3,(H2,11,14)(H,15,16)(H2,12,13,17). The summed E-state index contributed by atoms with van der Waals surface area (Å²) in [6.45, 7) is 3.66. The maximum absolute atomic E-state index is 11.5. The Balaban J connectivity index is 4.45. The Bertz CT molecular complexity index is 355. The van der Waals surface area contributed by atoms with Gasteiger partial charge in [-0.25, -0.2) is 9.59 Å². The minimum atomic E-state index is -2.08. The molecule has 3 amide bonds. The van der Waals surface area contributed by atoms with Crippen LogP contribution < -0.4 is 16.4 Å². The Morgan fingerprint density at radius 3 is 2.11 bits per heavy atom. The van der Waals surface area contributed by atoms with E-state index in [0.29, 0.717) is 0 Å². The zero-order valence-electron chi connectivity index (χ0n) is 10.6. The minimum absolute atomic E-state index is 0.283. The Labute approximate surface area is 105 Å². The predicted molar refractivity (Wildman–Crippen MR) is 62.7 cm³/mol. The molecule has 0 aliphatic heterocycles. The Kier molecular flexibility index (Phi) is 5.10. The van der Waals surface area contributed by atoms with Crippen LogP contribution in [-0.4, -0.2) is 45.8 Å². The van der Waals surface area contributed by atoms with E-state index in [0.717, 1.165) is 6.92 Å². The number of aliphatic carboxylic acids is 1. The van der Waals surface area contributed by atoms with E-state index in [1.807, 2.05) is 0 Å². The van der Waals surface area contributed by atoms with Gasteiger partial charge in [-0.05, 0) is 20.3 Å². The minimum Gasteiger partial charge on any atom is -0.479 e. The van der Waals surface area contributed by atoms with Crippen LogP contribution in [0.2, 0.25) is 0 Å². The maximum atomic E-state index is 11.5. The molecule has 0 saturated heterocycles. The number of nitrogens with two attached hydrogens (primary N) is 1. The van der Waals surface area contributed by atoms with E-state index < -0.39 is 35.6 Å². The van der Waals surface area contributed by atoms with Crippen molar-refractivity contribution in [2.24, 2.45) is 5.73 Å². The largest absolute Gasteiger partial charge is 0.479 e. The number of primary amides is 1. The van der Waals surface area contributed by atoms with Gasteiger partial charge in [-0.15, -0.1) is 0 Å². The third-order valence-electron chi connectivity index (χ3n) is 2.69. The lowest BCUT2D eigenvalue weighted by atomic mass is 9.98. The molecule has 0 bridgehead atoms. The first-order valence-corrected chi connectivity index (χ1v) is 5.37. The third kappa shape index (κ3) is 4.21. The van der Waals surface area contributed by atoms with E-state index in [2.05, 4.69) is 10.6 Å². The average molecular weight is 261 g/mol. The number of urea groups is 1. The van der Waals surface area contributed by atoms with Crippen LogP contribution in [0.1, 0.15) is 27.2 Å². The number of carboxylic acids is 1. The predicted octanol–water partition coefficient (Wildman–Crippen LogP) is -1.22. The first kappa shape index (κ1) is 16.2. The molecule has 0 saturated carbocycles. The highest BCUT2D eigenvalue weighted by atomic mass is 16.4. The molecule has 0 rings (SSSR count). The second kappa shape index (κ2) is 5.67. The van der Waals surface area contributed by atoms with E-state index in [-0.39, 0.29) is 6.42 Å². The highest BCUT2D eigenvalue weighted by Gasteiger charge is 2.33. The molecule has 0 aliphatic carbocycles. The van der Waals surface area contributed by atoms with Crippen molar-refractivity contribution in [3.05, 3.63) is 0 Å². The summed E-state index contributed by atoms with van der Waals surface area (Å²) in [4.78, 5) is 33.2. The average Bonchev–Trinajstić information content (AvgIpc) is 2.25. The van der Waals surface area contributed by atoms with Gasteiger partial charge in [-0.2, -0.15) is 0 Å². The molecule has 2 unspecified atom stereocenters. The number of hydrogen-bond donors (Lipinski definition) is 5. The van der Waals surface area contributed by atoms with E-state index in [1.54, 1.807) is 6.92 Å². The molecule has 2 atom stereocenters. The number of carbonyl (C=O) groups excluding carboxylic acids is 2. The van der Waals surface area contributed by atoms with Gasteiger partial charge >= 0.3 is 12.0 Å². The molecule has 0 radical (unpaired) electrons. The molecule has 0 heterocycles. The van der Waals surface area contributed by atoms with Crippen LogP contribution in [0.25, 0.3) is 0 Å². The first-order chi connectivity index (χ1) is 8.05. The summed E-state index contributed by atoms with van der Waals surface area (Å²) in [5.74, 6) is -2.17. The molecule has 0 aromatic heterocycles. The van der Waals surface area contributed by atoms with Crippen molar-refractivity contribution in [3.8, 4) is 0 Å². The van der Waals surface area contributed by atoms with Crippen molar-refractivity contribution < 1.29 is 24.6 Å². The second-order valence-electron chi connectivity index (χ2n) is 4.44. The van der Waals surface area contributed by atoms with E-state index in [4.69, 9.17) is 10.8 Å². The molecule has 0 aromatic carbocycles. The lowest BCUT2D eigenvalue weighted by Gasteiger charge is -2.27. The van der Waals surface area contributed by atoms with Gasteiger partial charge < -0.3 is 26.6 Å². The maximum Gasteiger partial charge on any atom is 0.337 e. The molecule has 0 aromatic rings. The summed E-state index contributed by atoms with van der Waals surface area (Å²) in [5.41, 5.74) is 1.84. The molecule has 0 spiro atoms. The smallest absolute Gasteiger partial charge is 0.337 e. The fraction of sp³-hybridized carbons (Fsp3) is 0.700. The summed E-state index contributed by atoms with van der Waals surface area (Å²) >= 11 is 0. The second-order valence-corrected chi connectivity index (χ2v) is 4.44. The number of nitrogens with one attached hydrogen (secondary N) is 2. The number of hydrogen-bond acceptors (Lipinski definition) is 4. The first-order valence-electron chi connectivity index (χ1n) is 5.37. The van der Waals surface area contributed by atoms with Crippen molar-refractivity contribution in [2.45, 2.75) is 38.3 Å².